The van der Waals surface area contributed by atoms with Crippen molar-refractivity contribution in [2.75, 3.05) is 14.2 Å². The van der Waals surface area contributed by atoms with E-state index in [2.05, 4.69) is 0 Å². The van der Waals surface area contributed by atoms with Gasteiger partial charge in [0.2, 0.25) is 0 Å². The number of allylic oxidation sites excluding steroid dienone is 1. The van der Waals surface area contributed by atoms with Gasteiger partial charge in [0.25, 0.3) is 0 Å². The summed E-state index contributed by atoms with van der Waals surface area (Å²) >= 11 is 0. The van der Waals surface area contributed by atoms with Crippen LogP contribution < -0.4 is 9.47 Å². The highest BCUT2D eigenvalue weighted by Gasteiger charge is 2.29. The first-order valence-corrected chi connectivity index (χ1v) is 13.1. The lowest BCUT2D eigenvalue weighted by molar-refractivity contribution is 0.407. The van der Waals surface area contributed by atoms with Gasteiger partial charge in [-0.2, -0.15) is 0 Å². The second kappa shape index (κ2) is 10.4. The number of benzene rings is 5. The van der Waals surface area contributed by atoms with Crippen LogP contribution in [0.2, 0.25) is 0 Å². The molecule has 2 N–H and O–H groups in total. The van der Waals surface area contributed by atoms with Crippen LogP contribution in [-0.2, 0) is 6.42 Å². The molecule has 1 aliphatic carbocycles. The average molecular weight is 573 g/mol. The Morgan fingerprint density at radius 3 is 1.74 bits per heavy atom. The summed E-state index contributed by atoms with van der Waals surface area (Å²) in [6.07, 6.45) is 4.71. The van der Waals surface area contributed by atoms with Crippen LogP contribution in [-0.4, -0.2) is 24.4 Å². The second-order valence-corrected chi connectivity index (χ2v) is 9.96. The molecule has 0 fully saturated rings. The van der Waals surface area contributed by atoms with Crippen LogP contribution in [0.4, 0.5) is 17.6 Å². The van der Waals surface area contributed by atoms with Gasteiger partial charge in [-0.3, -0.25) is 0 Å². The van der Waals surface area contributed by atoms with Crippen LogP contribution in [0, 0.1) is 23.3 Å². The summed E-state index contributed by atoms with van der Waals surface area (Å²) in [5.41, 5.74) is 0.109. The second-order valence-electron chi connectivity index (χ2n) is 9.96. The fourth-order valence-electron chi connectivity index (χ4n) is 5.68. The van der Waals surface area contributed by atoms with E-state index in [1.54, 1.807) is 30.3 Å². The molecule has 42 heavy (non-hydrogen) atoms. The van der Waals surface area contributed by atoms with Gasteiger partial charge >= 0.3 is 0 Å². The van der Waals surface area contributed by atoms with E-state index in [1.165, 1.54) is 26.4 Å². The lowest BCUT2D eigenvalue weighted by Crippen LogP contribution is -2.03. The Morgan fingerprint density at radius 1 is 0.643 bits per heavy atom. The molecule has 8 heteroatoms. The number of methoxy groups -OCH3 is 2. The van der Waals surface area contributed by atoms with Crippen LogP contribution in [0.15, 0.2) is 66.7 Å². The molecular formula is C34H24F4O4. The van der Waals surface area contributed by atoms with E-state index in [9.17, 15) is 10.2 Å². The predicted molar refractivity (Wildman–Crippen MR) is 154 cm³/mol. The quantitative estimate of drug-likeness (QED) is 0.207. The van der Waals surface area contributed by atoms with Crippen molar-refractivity contribution in [3.8, 4) is 56.4 Å². The molecule has 1 aliphatic rings. The first kappa shape index (κ1) is 27.2. The number of hydrogen-bond acceptors (Lipinski definition) is 4. The third-order valence-corrected chi connectivity index (χ3v) is 7.61. The first-order chi connectivity index (χ1) is 20.2. The molecule has 5 aromatic carbocycles. The van der Waals surface area contributed by atoms with Gasteiger partial charge in [0.05, 0.1) is 25.3 Å². The van der Waals surface area contributed by atoms with Gasteiger partial charge in [0.15, 0.2) is 0 Å². The van der Waals surface area contributed by atoms with Crippen molar-refractivity contribution in [3.63, 3.8) is 0 Å². The van der Waals surface area contributed by atoms with Gasteiger partial charge in [0, 0.05) is 46.5 Å². The number of phenolic OH excluding ortho intramolecular Hbond substituents is 2. The molecule has 0 unspecified atom stereocenters. The van der Waals surface area contributed by atoms with Crippen LogP contribution in [0.1, 0.15) is 17.5 Å². The zero-order valence-electron chi connectivity index (χ0n) is 22.6. The Balaban J connectivity index is 1.74. The number of phenols is 2. The van der Waals surface area contributed by atoms with E-state index < -0.39 is 45.9 Å². The molecule has 0 aliphatic heterocycles. The summed E-state index contributed by atoms with van der Waals surface area (Å²) in [6.45, 7) is 0. The molecule has 0 aromatic heterocycles. The Bertz CT molecular complexity index is 1880. The van der Waals surface area contributed by atoms with E-state index in [0.717, 1.165) is 24.3 Å². The lowest BCUT2D eigenvalue weighted by Gasteiger charge is -2.24. The van der Waals surface area contributed by atoms with E-state index >= 15 is 17.6 Å². The Morgan fingerprint density at radius 2 is 1.17 bits per heavy atom. The minimum atomic E-state index is -0.964. The van der Waals surface area contributed by atoms with E-state index in [1.807, 2.05) is 6.08 Å². The van der Waals surface area contributed by atoms with Crippen molar-refractivity contribution < 1.29 is 37.2 Å². The number of fused-ring (bicyclic) bond motifs is 2. The number of ether oxygens (including phenoxy) is 2. The van der Waals surface area contributed by atoms with Crippen molar-refractivity contribution in [1.82, 2.24) is 0 Å². The molecule has 0 heterocycles. The molecule has 4 nitrogen and oxygen atoms in total. The standard InChI is InChI=1S/C34H24F4O4/c1-41-19-13-25(35)29(26(36)14-19)23-11-17-7-3-5-9-21(17)31(33(23)39)32-22-10-6-4-8-18(22)12-24(34(32)40)30-27(37)15-20(42-2)16-28(30)38/h3-5,7-9,11-16,39-40H,6,10H2,1-2H3. The van der Waals surface area contributed by atoms with Gasteiger partial charge in [-0.25, -0.2) is 17.6 Å². The molecule has 5 aromatic rings. The third kappa shape index (κ3) is 4.31. The van der Waals surface area contributed by atoms with Gasteiger partial charge in [-0.1, -0.05) is 36.4 Å². The van der Waals surface area contributed by atoms with Gasteiger partial charge in [-0.15, -0.1) is 0 Å². The monoisotopic (exact) mass is 572 g/mol. The SMILES string of the molecule is COc1cc(F)c(-c2cc3c(c(-c4c(O)c(-c5c(F)cc(OC)cc5F)cc5ccccc45)c2O)CCC=C3)c(F)c1. The molecule has 0 saturated heterocycles. The maximum absolute atomic E-state index is 15.3. The van der Waals surface area contributed by atoms with E-state index in [-0.39, 0.29) is 33.8 Å². The summed E-state index contributed by atoms with van der Waals surface area (Å²) in [7, 11) is 2.56. The minimum Gasteiger partial charge on any atom is -0.507 e. The Kier molecular flexibility index (Phi) is 6.77. The van der Waals surface area contributed by atoms with Crippen LogP contribution in [0.5, 0.6) is 23.0 Å². The molecular weight excluding hydrogens is 548 g/mol. The molecule has 0 saturated carbocycles. The first-order valence-electron chi connectivity index (χ1n) is 13.1. The summed E-state index contributed by atoms with van der Waals surface area (Å²) < 4.78 is 71.2. The van der Waals surface area contributed by atoms with Gasteiger partial charge < -0.3 is 19.7 Å². The molecule has 0 bridgehead atoms. The third-order valence-electron chi connectivity index (χ3n) is 7.61. The largest absolute Gasteiger partial charge is 0.507 e. The van der Waals surface area contributed by atoms with Crippen molar-refractivity contribution in [2.24, 2.45) is 0 Å². The maximum atomic E-state index is 15.3. The average Bonchev–Trinajstić information content (AvgIpc) is 2.97. The summed E-state index contributed by atoms with van der Waals surface area (Å²) in [5.74, 6) is -4.91. The topological polar surface area (TPSA) is 58.9 Å². The number of aromatic hydroxyl groups is 2. The molecule has 6 rings (SSSR count). The molecule has 0 spiro atoms. The van der Waals surface area contributed by atoms with Crippen LogP contribution in [0.25, 0.3) is 50.2 Å². The highest BCUT2D eigenvalue weighted by atomic mass is 19.1. The van der Waals surface area contributed by atoms with Crippen molar-refractivity contribution in [3.05, 3.63) is 101 Å². The normalized spacial score (nSPS) is 12.4. The smallest absolute Gasteiger partial charge is 0.137 e. The highest BCUT2D eigenvalue weighted by Crippen LogP contribution is 2.52. The number of halogens is 4. The van der Waals surface area contributed by atoms with E-state index in [0.29, 0.717) is 34.7 Å². The van der Waals surface area contributed by atoms with Crippen molar-refractivity contribution in [2.45, 2.75) is 12.8 Å². The molecule has 0 atom stereocenters. The van der Waals surface area contributed by atoms with Crippen LogP contribution >= 0.6 is 0 Å². The highest BCUT2D eigenvalue weighted by molar-refractivity contribution is 6.07. The fourth-order valence-corrected chi connectivity index (χ4v) is 5.68. The van der Waals surface area contributed by atoms with Crippen molar-refractivity contribution >= 4 is 16.8 Å². The molecule has 212 valence electrons. The fraction of sp³-hybridized carbons (Fsp3) is 0.118. The lowest BCUT2D eigenvalue weighted by atomic mass is 9.82. The summed E-state index contributed by atoms with van der Waals surface area (Å²) in [6, 6.07) is 13.8. The van der Waals surface area contributed by atoms with Gasteiger partial charge in [0.1, 0.15) is 46.3 Å². The Labute approximate surface area is 238 Å². The molecule has 0 amide bonds. The number of hydrogen-bond donors (Lipinski definition) is 2. The minimum absolute atomic E-state index is 0.0359. The predicted octanol–water partition coefficient (Wildman–Crippen LogP) is 8.78. The Hall–Kier alpha value is -4.98. The van der Waals surface area contributed by atoms with E-state index in [4.69, 9.17) is 9.47 Å². The zero-order valence-corrected chi connectivity index (χ0v) is 22.6. The summed E-state index contributed by atoms with van der Waals surface area (Å²) in [5, 5.41) is 24.5. The van der Waals surface area contributed by atoms with Gasteiger partial charge in [-0.05, 0) is 46.9 Å². The van der Waals surface area contributed by atoms with Crippen LogP contribution in [0.3, 0.4) is 0 Å². The number of rotatable bonds is 5. The maximum Gasteiger partial charge on any atom is 0.137 e. The molecule has 0 radical (unpaired) electrons. The summed E-state index contributed by atoms with van der Waals surface area (Å²) in [4.78, 5) is 0. The zero-order chi connectivity index (χ0) is 29.7. The van der Waals surface area contributed by atoms with Crippen molar-refractivity contribution in [1.29, 1.82) is 0 Å².